The summed E-state index contributed by atoms with van der Waals surface area (Å²) in [4.78, 5) is 14.8. The van der Waals surface area contributed by atoms with E-state index in [4.69, 9.17) is 0 Å². The number of hydrogen-bond donors (Lipinski definition) is 0. The molecule has 0 aliphatic rings. The van der Waals surface area contributed by atoms with Crippen molar-refractivity contribution in [3.63, 3.8) is 0 Å². The summed E-state index contributed by atoms with van der Waals surface area (Å²) in [5, 5.41) is 1.15. The van der Waals surface area contributed by atoms with Gasteiger partial charge in [-0.1, -0.05) is 20.8 Å². The Morgan fingerprint density at radius 2 is 2.00 bits per heavy atom. The van der Waals surface area contributed by atoms with E-state index in [1.165, 1.54) is 7.11 Å². The molecule has 0 fully saturated rings. The van der Waals surface area contributed by atoms with E-state index in [1.807, 2.05) is 20.8 Å². The van der Waals surface area contributed by atoms with Crippen molar-refractivity contribution in [3.8, 4) is 0 Å². The molecule has 3 nitrogen and oxygen atoms in total. The lowest BCUT2D eigenvalue weighted by atomic mass is 9.97. The third-order valence-corrected chi connectivity index (χ3v) is 0.940. The maximum absolute atomic E-state index is 10.1. The van der Waals surface area contributed by atoms with Gasteiger partial charge in [0.1, 0.15) is 0 Å². The zero-order valence-electron chi connectivity index (χ0n) is 6.97. The van der Waals surface area contributed by atoms with Crippen LogP contribution >= 0.6 is 0 Å². The molecule has 59 valence electrons. The Bertz CT molecular complexity index is 107. The van der Waals surface area contributed by atoms with Crippen molar-refractivity contribution in [1.82, 2.24) is 5.06 Å². The van der Waals surface area contributed by atoms with Crippen LogP contribution in [-0.2, 0) is 9.63 Å². The van der Waals surface area contributed by atoms with Gasteiger partial charge in [0.05, 0.1) is 13.7 Å². The van der Waals surface area contributed by atoms with Crippen LogP contribution < -0.4 is 0 Å². The van der Waals surface area contributed by atoms with Crippen LogP contribution in [0.1, 0.15) is 20.8 Å². The van der Waals surface area contributed by atoms with Crippen molar-refractivity contribution in [2.24, 2.45) is 5.41 Å². The summed E-state index contributed by atoms with van der Waals surface area (Å²) in [6.45, 7) is 6.64. The molecule has 0 spiro atoms. The molecular formula is C7H14NO2. The molecule has 0 heterocycles. The molecule has 0 aromatic heterocycles. The van der Waals surface area contributed by atoms with Gasteiger partial charge in [-0.25, -0.2) is 5.06 Å². The predicted octanol–water partition coefficient (Wildman–Crippen LogP) is 0.963. The lowest BCUT2D eigenvalue weighted by Crippen LogP contribution is -2.30. The monoisotopic (exact) mass is 144 g/mol. The highest BCUT2D eigenvalue weighted by Gasteiger charge is 2.15. The molecule has 0 aromatic rings. The molecule has 0 bridgehead atoms. The van der Waals surface area contributed by atoms with E-state index < -0.39 is 0 Å². The van der Waals surface area contributed by atoms with Crippen molar-refractivity contribution in [2.45, 2.75) is 20.8 Å². The molecule has 0 aromatic carbocycles. The zero-order chi connectivity index (χ0) is 8.20. The van der Waals surface area contributed by atoms with E-state index in [0.29, 0.717) is 6.54 Å². The smallest absolute Gasteiger partial charge is 0.274 e. The van der Waals surface area contributed by atoms with Crippen molar-refractivity contribution in [3.05, 3.63) is 0 Å². The van der Waals surface area contributed by atoms with Gasteiger partial charge in [-0.15, -0.1) is 0 Å². The Morgan fingerprint density at radius 3 is 2.10 bits per heavy atom. The Hall–Kier alpha value is -0.570. The van der Waals surface area contributed by atoms with Crippen LogP contribution in [0.25, 0.3) is 0 Å². The summed E-state index contributed by atoms with van der Waals surface area (Å²) in [6, 6.07) is 0. The van der Waals surface area contributed by atoms with Gasteiger partial charge >= 0.3 is 6.41 Å². The van der Waals surface area contributed by atoms with Crippen LogP contribution in [0.5, 0.6) is 0 Å². The fraction of sp³-hybridized carbons (Fsp3) is 0.857. The van der Waals surface area contributed by atoms with Gasteiger partial charge in [0.25, 0.3) is 0 Å². The van der Waals surface area contributed by atoms with E-state index in [1.54, 1.807) is 6.41 Å². The number of hydroxylamine groups is 2. The van der Waals surface area contributed by atoms with Gasteiger partial charge in [-0.2, -0.15) is 0 Å². The minimum atomic E-state index is 0.0629. The summed E-state index contributed by atoms with van der Waals surface area (Å²) in [5.41, 5.74) is 0.0629. The molecule has 0 saturated heterocycles. The van der Waals surface area contributed by atoms with Crippen molar-refractivity contribution in [1.29, 1.82) is 0 Å². The Kier molecular flexibility index (Phi) is 3.36. The molecule has 0 rings (SSSR count). The number of hydrogen-bond acceptors (Lipinski definition) is 2. The van der Waals surface area contributed by atoms with Crippen molar-refractivity contribution >= 4 is 6.41 Å². The average Bonchev–Trinajstić information content (AvgIpc) is 1.81. The fourth-order valence-corrected chi connectivity index (χ4v) is 0.565. The van der Waals surface area contributed by atoms with Gasteiger partial charge in [0.2, 0.25) is 0 Å². The first kappa shape index (κ1) is 9.43. The summed E-state index contributed by atoms with van der Waals surface area (Å²) >= 11 is 0. The number of amides is 1. The van der Waals surface area contributed by atoms with E-state index in [-0.39, 0.29) is 5.41 Å². The molecule has 0 saturated carbocycles. The molecular weight excluding hydrogens is 130 g/mol. The number of nitrogens with zero attached hydrogens (tertiary/aromatic N) is 1. The Morgan fingerprint density at radius 1 is 1.50 bits per heavy atom. The minimum absolute atomic E-state index is 0.0629. The first-order valence-corrected chi connectivity index (χ1v) is 3.19. The molecule has 0 atom stereocenters. The summed E-state index contributed by atoms with van der Waals surface area (Å²) < 4.78 is 0. The third kappa shape index (κ3) is 4.32. The van der Waals surface area contributed by atoms with Crippen molar-refractivity contribution in [2.75, 3.05) is 13.7 Å². The topological polar surface area (TPSA) is 29.5 Å². The lowest BCUT2D eigenvalue weighted by molar-refractivity contribution is -0.0841. The quantitative estimate of drug-likeness (QED) is 0.436. The normalized spacial score (nSPS) is 11.2. The van der Waals surface area contributed by atoms with E-state index >= 15 is 0 Å². The molecule has 10 heavy (non-hydrogen) atoms. The minimum Gasteiger partial charge on any atom is -0.274 e. The predicted molar refractivity (Wildman–Crippen MR) is 38.9 cm³/mol. The Balaban J connectivity index is 3.74. The highest BCUT2D eigenvalue weighted by Crippen LogP contribution is 2.13. The summed E-state index contributed by atoms with van der Waals surface area (Å²) in [6.07, 6.45) is 1.67. The van der Waals surface area contributed by atoms with Gasteiger partial charge in [0, 0.05) is 0 Å². The lowest BCUT2D eigenvalue weighted by Gasteiger charge is -2.23. The van der Waals surface area contributed by atoms with Crippen molar-refractivity contribution < 1.29 is 9.63 Å². The second kappa shape index (κ2) is 3.56. The van der Waals surface area contributed by atoms with Gasteiger partial charge in [-0.05, 0) is 5.41 Å². The third-order valence-electron chi connectivity index (χ3n) is 0.940. The highest BCUT2D eigenvalue weighted by molar-refractivity contribution is 5.46. The maximum Gasteiger partial charge on any atom is 0.337 e. The largest absolute Gasteiger partial charge is 0.337 e. The Labute approximate surface area is 61.9 Å². The molecule has 1 radical (unpaired) electrons. The standard InChI is InChI=1S/C7H14NO2/c1-7(2,3)5-8(6-9)10-4/h5H2,1-4H3. The number of carbonyl (C=O) groups excluding carboxylic acids is 1. The van der Waals surface area contributed by atoms with Crippen LogP contribution in [0, 0.1) is 5.41 Å². The first-order valence-electron chi connectivity index (χ1n) is 3.19. The average molecular weight is 144 g/mol. The van der Waals surface area contributed by atoms with E-state index in [0.717, 1.165) is 5.06 Å². The van der Waals surface area contributed by atoms with Gasteiger partial charge in [-0.3, -0.25) is 9.63 Å². The summed E-state index contributed by atoms with van der Waals surface area (Å²) in [5.74, 6) is 0. The summed E-state index contributed by atoms with van der Waals surface area (Å²) in [7, 11) is 1.46. The molecule has 3 heteroatoms. The van der Waals surface area contributed by atoms with E-state index in [2.05, 4.69) is 4.84 Å². The van der Waals surface area contributed by atoms with Crippen LogP contribution in [-0.4, -0.2) is 25.1 Å². The van der Waals surface area contributed by atoms with E-state index in [9.17, 15) is 4.79 Å². The SMILES string of the molecule is CON([C]=O)CC(C)(C)C. The van der Waals surface area contributed by atoms with Crippen LogP contribution in [0.4, 0.5) is 0 Å². The second-order valence-corrected chi connectivity index (χ2v) is 3.37. The highest BCUT2D eigenvalue weighted by atomic mass is 16.7. The fourth-order valence-electron chi connectivity index (χ4n) is 0.565. The molecule has 0 aliphatic carbocycles. The molecule has 1 amide bonds. The van der Waals surface area contributed by atoms with Crippen LogP contribution in [0.3, 0.4) is 0 Å². The molecule has 0 N–H and O–H groups in total. The first-order chi connectivity index (χ1) is 4.49. The maximum atomic E-state index is 10.1. The van der Waals surface area contributed by atoms with Crippen LogP contribution in [0.15, 0.2) is 0 Å². The van der Waals surface area contributed by atoms with Gasteiger partial charge < -0.3 is 0 Å². The molecule has 0 unspecified atom stereocenters. The molecule has 0 aliphatic heterocycles. The van der Waals surface area contributed by atoms with Gasteiger partial charge in [0.15, 0.2) is 0 Å². The second-order valence-electron chi connectivity index (χ2n) is 3.37. The van der Waals surface area contributed by atoms with Crippen LogP contribution in [0.2, 0.25) is 0 Å². The zero-order valence-corrected chi connectivity index (χ0v) is 6.97. The number of rotatable bonds is 3.